The predicted octanol–water partition coefficient (Wildman–Crippen LogP) is -0.489. The molecule has 2 rings (SSSR count). The summed E-state index contributed by atoms with van der Waals surface area (Å²) in [7, 11) is 4.38. The van der Waals surface area contributed by atoms with E-state index in [0.29, 0.717) is 18.0 Å². The molecule has 0 bridgehead atoms. The van der Waals surface area contributed by atoms with E-state index in [1.54, 1.807) is 19.2 Å². The number of benzene rings is 1. The van der Waals surface area contributed by atoms with Crippen LogP contribution in [0.2, 0.25) is 0 Å². The zero-order valence-corrected chi connectivity index (χ0v) is 12.4. The molecule has 1 aromatic carbocycles. The van der Waals surface area contributed by atoms with E-state index in [1.807, 2.05) is 6.07 Å². The Morgan fingerprint density at radius 3 is 2.70 bits per heavy atom. The van der Waals surface area contributed by atoms with Crippen LogP contribution in [0, 0.1) is 0 Å². The van der Waals surface area contributed by atoms with Crippen LogP contribution in [-0.4, -0.2) is 67.3 Å². The van der Waals surface area contributed by atoms with E-state index in [9.17, 15) is 10.0 Å². The van der Waals surface area contributed by atoms with Gasteiger partial charge in [0.05, 0.1) is 7.11 Å². The molecule has 6 heteroatoms. The SMILES string of the molecule is COc1ccc(B(O)O)c(CN2CCC(N(C)C)C2)c1. The highest BCUT2D eigenvalue weighted by Crippen LogP contribution is 2.18. The van der Waals surface area contributed by atoms with Crippen LogP contribution >= 0.6 is 0 Å². The first kappa shape index (κ1) is 15.3. The van der Waals surface area contributed by atoms with E-state index in [2.05, 4.69) is 23.9 Å². The van der Waals surface area contributed by atoms with Crippen LogP contribution < -0.4 is 10.2 Å². The highest BCUT2D eigenvalue weighted by molar-refractivity contribution is 6.59. The molecule has 0 spiro atoms. The van der Waals surface area contributed by atoms with Crippen LogP contribution in [0.3, 0.4) is 0 Å². The molecule has 1 aliphatic heterocycles. The molecule has 1 fully saturated rings. The summed E-state index contributed by atoms with van der Waals surface area (Å²) in [5, 5.41) is 18.9. The molecule has 1 unspecified atom stereocenters. The molecule has 0 aliphatic carbocycles. The Balaban J connectivity index is 2.12. The average molecular weight is 278 g/mol. The molecule has 1 heterocycles. The van der Waals surface area contributed by atoms with Gasteiger partial charge in [0.1, 0.15) is 5.75 Å². The third-order valence-electron chi connectivity index (χ3n) is 4.00. The van der Waals surface area contributed by atoms with E-state index < -0.39 is 7.12 Å². The molecule has 110 valence electrons. The number of rotatable bonds is 5. The summed E-state index contributed by atoms with van der Waals surface area (Å²) in [6.45, 7) is 2.75. The topological polar surface area (TPSA) is 56.2 Å². The first-order valence-electron chi connectivity index (χ1n) is 6.93. The van der Waals surface area contributed by atoms with Gasteiger partial charge in [0.15, 0.2) is 0 Å². The number of likely N-dealkylation sites (tertiary alicyclic amines) is 1. The summed E-state index contributed by atoms with van der Waals surface area (Å²) in [4.78, 5) is 4.58. The summed E-state index contributed by atoms with van der Waals surface area (Å²) in [5.41, 5.74) is 1.47. The Morgan fingerprint density at radius 2 is 2.15 bits per heavy atom. The van der Waals surface area contributed by atoms with Gasteiger partial charge in [0, 0.05) is 25.7 Å². The minimum atomic E-state index is -1.44. The monoisotopic (exact) mass is 278 g/mol. The van der Waals surface area contributed by atoms with E-state index in [-0.39, 0.29) is 0 Å². The molecule has 5 nitrogen and oxygen atoms in total. The van der Waals surface area contributed by atoms with Gasteiger partial charge in [0.25, 0.3) is 0 Å². The fraction of sp³-hybridized carbons (Fsp3) is 0.571. The zero-order chi connectivity index (χ0) is 14.7. The average Bonchev–Trinajstić information content (AvgIpc) is 2.87. The summed E-state index contributed by atoms with van der Waals surface area (Å²) in [5.74, 6) is 0.743. The Morgan fingerprint density at radius 1 is 1.40 bits per heavy atom. The number of methoxy groups -OCH3 is 1. The predicted molar refractivity (Wildman–Crippen MR) is 80.2 cm³/mol. The number of hydrogen-bond acceptors (Lipinski definition) is 5. The second-order valence-corrected chi connectivity index (χ2v) is 5.58. The molecule has 0 saturated carbocycles. The molecule has 20 heavy (non-hydrogen) atoms. The highest BCUT2D eigenvalue weighted by Gasteiger charge is 2.25. The quantitative estimate of drug-likeness (QED) is 0.712. The molecule has 0 amide bonds. The lowest BCUT2D eigenvalue weighted by molar-refractivity contribution is 0.264. The zero-order valence-electron chi connectivity index (χ0n) is 12.4. The fourth-order valence-electron chi connectivity index (χ4n) is 2.72. The summed E-state index contributed by atoms with van der Waals surface area (Å²) < 4.78 is 5.22. The molecular weight excluding hydrogens is 255 g/mol. The van der Waals surface area contributed by atoms with Crippen LogP contribution in [0.1, 0.15) is 12.0 Å². The van der Waals surface area contributed by atoms with Crippen molar-refractivity contribution in [2.75, 3.05) is 34.3 Å². The van der Waals surface area contributed by atoms with Crippen molar-refractivity contribution in [2.45, 2.75) is 19.0 Å². The van der Waals surface area contributed by atoms with E-state index in [1.165, 1.54) is 0 Å². The van der Waals surface area contributed by atoms with Gasteiger partial charge in [-0.05, 0) is 43.7 Å². The Bertz CT molecular complexity index is 454. The van der Waals surface area contributed by atoms with Crippen LogP contribution in [0.4, 0.5) is 0 Å². The second-order valence-electron chi connectivity index (χ2n) is 5.58. The number of hydrogen-bond donors (Lipinski definition) is 2. The minimum Gasteiger partial charge on any atom is -0.497 e. The van der Waals surface area contributed by atoms with Gasteiger partial charge < -0.3 is 19.7 Å². The highest BCUT2D eigenvalue weighted by atomic mass is 16.5. The van der Waals surface area contributed by atoms with E-state index in [0.717, 1.165) is 30.8 Å². The normalized spacial score (nSPS) is 19.6. The molecule has 1 aliphatic rings. The lowest BCUT2D eigenvalue weighted by Crippen LogP contribution is -2.36. The molecular formula is C14H23BN2O3. The molecule has 0 radical (unpaired) electrons. The molecule has 1 saturated heterocycles. The maximum Gasteiger partial charge on any atom is 0.488 e. The third kappa shape index (κ3) is 3.52. The van der Waals surface area contributed by atoms with Crippen molar-refractivity contribution in [1.82, 2.24) is 9.80 Å². The van der Waals surface area contributed by atoms with Crippen molar-refractivity contribution in [1.29, 1.82) is 0 Å². The van der Waals surface area contributed by atoms with Gasteiger partial charge in [-0.2, -0.15) is 0 Å². The maximum atomic E-state index is 9.47. The van der Waals surface area contributed by atoms with Crippen LogP contribution in [-0.2, 0) is 6.54 Å². The van der Waals surface area contributed by atoms with Crippen LogP contribution in [0.5, 0.6) is 5.75 Å². The van der Waals surface area contributed by atoms with Crippen molar-refractivity contribution >= 4 is 12.6 Å². The maximum absolute atomic E-state index is 9.47. The Kier molecular flexibility index (Phi) is 5.04. The summed E-state index contributed by atoms with van der Waals surface area (Å²) in [6, 6.07) is 5.93. The van der Waals surface area contributed by atoms with Gasteiger partial charge in [-0.3, -0.25) is 4.90 Å². The lowest BCUT2D eigenvalue weighted by atomic mass is 9.77. The first-order chi connectivity index (χ1) is 9.51. The number of ether oxygens (including phenoxy) is 1. The molecule has 1 atom stereocenters. The van der Waals surface area contributed by atoms with Gasteiger partial charge in [-0.25, -0.2) is 0 Å². The Labute approximate surface area is 120 Å². The fourth-order valence-corrected chi connectivity index (χ4v) is 2.72. The Hall–Kier alpha value is -1.08. The van der Waals surface area contributed by atoms with Crippen molar-refractivity contribution < 1.29 is 14.8 Å². The molecule has 0 aromatic heterocycles. The first-order valence-corrected chi connectivity index (χ1v) is 6.93. The van der Waals surface area contributed by atoms with Gasteiger partial charge in [-0.15, -0.1) is 0 Å². The van der Waals surface area contributed by atoms with Crippen molar-refractivity contribution in [3.05, 3.63) is 23.8 Å². The van der Waals surface area contributed by atoms with E-state index >= 15 is 0 Å². The standard InChI is InChI=1S/C14H23BN2O3/c1-16(2)12-6-7-17(10-12)9-11-8-13(20-3)4-5-14(11)15(18)19/h4-5,8,12,18-19H,6-7,9-10H2,1-3H3. The van der Waals surface area contributed by atoms with Crippen molar-refractivity contribution in [3.63, 3.8) is 0 Å². The summed E-state index contributed by atoms with van der Waals surface area (Å²) >= 11 is 0. The second kappa shape index (κ2) is 6.58. The van der Waals surface area contributed by atoms with Gasteiger partial charge >= 0.3 is 7.12 Å². The number of likely N-dealkylation sites (N-methyl/N-ethyl adjacent to an activating group) is 1. The van der Waals surface area contributed by atoms with Crippen molar-refractivity contribution in [3.8, 4) is 5.75 Å². The lowest BCUT2D eigenvalue weighted by Gasteiger charge is -2.21. The van der Waals surface area contributed by atoms with Gasteiger partial charge in [0.2, 0.25) is 0 Å². The largest absolute Gasteiger partial charge is 0.497 e. The number of nitrogens with zero attached hydrogens (tertiary/aromatic N) is 2. The van der Waals surface area contributed by atoms with E-state index in [4.69, 9.17) is 4.74 Å². The van der Waals surface area contributed by atoms with Crippen LogP contribution in [0.25, 0.3) is 0 Å². The van der Waals surface area contributed by atoms with Crippen molar-refractivity contribution in [2.24, 2.45) is 0 Å². The molecule has 1 aromatic rings. The minimum absolute atomic E-state index is 0.555. The smallest absolute Gasteiger partial charge is 0.488 e. The molecule has 2 N–H and O–H groups in total. The third-order valence-corrected chi connectivity index (χ3v) is 4.00. The van der Waals surface area contributed by atoms with Gasteiger partial charge in [-0.1, -0.05) is 6.07 Å². The summed E-state index contributed by atoms with van der Waals surface area (Å²) in [6.07, 6.45) is 1.15. The van der Waals surface area contributed by atoms with Crippen LogP contribution in [0.15, 0.2) is 18.2 Å².